The first kappa shape index (κ1) is 17.6. The van der Waals surface area contributed by atoms with Gasteiger partial charge in [-0.15, -0.1) is 0 Å². The van der Waals surface area contributed by atoms with E-state index in [4.69, 9.17) is 9.47 Å². The van der Waals surface area contributed by atoms with Crippen molar-refractivity contribution in [3.05, 3.63) is 0 Å². The molecule has 3 heterocycles. The van der Waals surface area contributed by atoms with Crippen molar-refractivity contribution in [3.63, 3.8) is 0 Å². The van der Waals surface area contributed by atoms with Crippen LogP contribution in [-0.2, 0) is 14.3 Å². The lowest BCUT2D eigenvalue weighted by molar-refractivity contribution is -0.157. The van der Waals surface area contributed by atoms with Gasteiger partial charge >= 0.3 is 0 Å². The summed E-state index contributed by atoms with van der Waals surface area (Å²) < 4.78 is 37.2. The highest BCUT2D eigenvalue weighted by atomic mass is 19.3. The van der Waals surface area contributed by atoms with E-state index in [9.17, 15) is 13.6 Å². The van der Waals surface area contributed by atoms with Gasteiger partial charge < -0.3 is 14.8 Å². The van der Waals surface area contributed by atoms with Crippen molar-refractivity contribution in [1.29, 1.82) is 0 Å². The summed E-state index contributed by atoms with van der Waals surface area (Å²) in [5, 5.41) is 2.85. The number of alkyl halides is 2. The van der Waals surface area contributed by atoms with Crippen LogP contribution < -0.4 is 5.32 Å². The molecule has 1 atom stereocenters. The van der Waals surface area contributed by atoms with E-state index in [0.717, 1.165) is 58.6 Å². The van der Waals surface area contributed by atoms with Crippen molar-refractivity contribution in [2.45, 2.75) is 56.1 Å². The molecule has 1 amide bonds. The van der Waals surface area contributed by atoms with Crippen molar-refractivity contribution in [3.8, 4) is 0 Å². The van der Waals surface area contributed by atoms with E-state index >= 15 is 0 Å². The zero-order valence-electron chi connectivity index (χ0n) is 14.6. The first-order valence-corrected chi connectivity index (χ1v) is 9.59. The summed E-state index contributed by atoms with van der Waals surface area (Å²) in [6, 6.07) is 0.615. The molecule has 0 aromatic rings. The number of rotatable bonds is 5. The normalized spacial score (nSPS) is 32.3. The summed E-state index contributed by atoms with van der Waals surface area (Å²) >= 11 is 0. The summed E-state index contributed by atoms with van der Waals surface area (Å²) in [7, 11) is 0. The molecular formula is C18H28F2N2O3. The number of carbonyl (C=O) groups is 1. The van der Waals surface area contributed by atoms with Crippen LogP contribution in [0.2, 0.25) is 0 Å². The molecule has 0 aromatic heterocycles. The Bertz CT molecular complexity index is 497. The Morgan fingerprint density at radius 3 is 2.52 bits per heavy atom. The maximum Gasteiger partial charge on any atom is 0.249 e. The Kier molecular flexibility index (Phi) is 4.75. The van der Waals surface area contributed by atoms with Gasteiger partial charge in [0, 0.05) is 64.3 Å². The molecule has 1 aliphatic carbocycles. The zero-order valence-corrected chi connectivity index (χ0v) is 14.6. The molecule has 4 aliphatic rings. The fourth-order valence-corrected chi connectivity index (χ4v) is 4.85. The SMILES string of the molecule is O=C(NCCC1CCOC12CN(C1CCOCC1)C2)C1CC(F)(F)C1. The van der Waals surface area contributed by atoms with Gasteiger partial charge in [-0.25, -0.2) is 8.78 Å². The molecule has 0 radical (unpaired) electrons. The number of ether oxygens (including phenoxy) is 2. The summed E-state index contributed by atoms with van der Waals surface area (Å²) in [6.45, 7) is 5.01. The number of amides is 1. The van der Waals surface area contributed by atoms with Crippen LogP contribution >= 0.6 is 0 Å². The van der Waals surface area contributed by atoms with Crippen molar-refractivity contribution in [2.75, 3.05) is 39.5 Å². The monoisotopic (exact) mass is 358 g/mol. The lowest BCUT2D eigenvalue weighted by Crippen LogP contribution is -2.67. The zero-order chi connectivity index (χ0) is 17.5. The third kappa shape index (κ3) is 3.55. The first-order chi connectivity index (χ1) is 12.0. The number of hydrogen-bond acceptors (Lipinski definition) is 4. The molecule has 1 N–H and O–H groups in total. The first-order valence-electron chi connectivity index (χ1n) is 9.59. The summed E-state index contributed by atoms with van der Waals surface area (Å²) in [5.74, 6) is -2.90. The van der Waals surface area contributed by atoms with Gasteiger partial charge in [0.1, 0.15) is 0 Å². The number of carbonyl (C=O) groups excluding carboxylic acids is 1. The number of likely N-dealkylation sites (tertiary alicyclic amines) is 1. The average Bonchev–Trinajstić information content (AvgIpc) is 2.95. The van der Waals surface area contributed by atoms with Gasteiger partial charge in [0.25, 0.3) is 0 Å². The van der Waals surface area contributed by atoms with Crippen LogP contribution in [-0.4, -0.2) is 67.8 Å². The minimum Gasteiger partial charge on any atom is -0.381 e. The quantitative estimate of drug-likeness (QED) is 0.814. The highest BCUT2D eigenvalue weighted by Crippen LogP contribution is 2.44. The minimum atomic E-state index is -2.63. The third-order valence-corrected chi connectivity index (χ3v) is 6.50. The molecule has 7 heteroatoms. The molecule has 3 aliphatic heterocycles. The van der Waals surface area contributed by atoms with Gasteiger partial charge in [0.2, 0.25) is 11.8 Å². The van der Waals surface area contributed by atoms with Crippen LogP contribution in [0.15, 0.2) is 0 Å². The number of hydrogen-bond donors (Lipinski definition) is 1. The molecule has 4 rings (SSSR count). The van der Waals surface area contributed by atoms with Crippen LogP contribution in [0.1, 0.15) is 38.5 Å². The highest BCUT2D eigenvalue weighted by molar-refractivity contribution is 5.79. The average molecular weight is 358 g/mol. The number of halogens is 2. The number of nitrogens with one attached hydrogen (secondary N) is 1. The van der Waals surface area contributed by atoms with E-state index in [1.165, 1.54) is 0 Å². The molecule has 1 unspecified atom stereocenters. The molecule has 142 valence electrons. The van der Waals surface area contributed by atoms with E-state index < -0.39 is 11.8 Å². The lowest BCUT2D eigenvalue weighted by atomic mass is 9.77. The van der Waals surface area contributed by atoms with Crippen LogP contribution in [0.3, 0.4) is 0 Å². The summed E-state index contributed by atoms with van der Waals surface area (Å²) in [6.07, 6.45) is 3.51. The second-order valence-electron chi connectivity index (χ2n) is 8.19. The van der Waals surface area contributed by atoms with E-state index in [1.807, 2.05) is 0 Å². The molecular weight excluding hydrogens is 330 g/mol. The van der Waals surface area contributed by atoms with Gasteiger partial charge in [0.15, 0.2) is 0 Å². The standard InChI is InChI=1S/C18H28F2N2O3/c19-18(20)9-13(10-18)16(23)21-5-1-14-2-8-25-17(14)11-22(12-17)15-3-6-24-7-4-15/h13-15H,1-12H2,(H,21,23). The van der Waals surface area contributed by atoms with E-state index in [2.05, 4.69) is 10.2 Å². The molecule has 0 bridgehead atoms. The molecule has 25 heavy (non-hydrogen) atoms. The van der Waals surface area contributed by atoms with Gasteiger partial charge in [-0.05, 0) is 31.6 Å². The van der Waals surface area contributed by atoms with Crippen molar-refractivity contribution >= 4 is 5.91 Å². The van der Waals surface area contributed by atoms with Crippen molar-refractivity contribution in [1.82, 2.24) is 10.2 Å². The predicted octanol–water partition coefficient (Wildman–Crippen LogP) is 1.81. The third-order valence-electron chi connectivity index (χ3n) is 6.50. The van der Waals surface area contributed by atoms with Crippen LogP contribution in [0.5, 0.6) is 0 Å². The topological polar surface area (TPSA) is 50.8 Å². The highest BCUT2D eigenvalue weighted by Gasteiger charge is 2.54. The van der Waals surface area contributed by atoms with Gasteiger partial charge in [0.05, 0.1) is 5.60 Å². The Labute approximate surface area is 147 Å². The second-order valence-corrected chi connectivity index (χ2v) is 8.19. The Hall–Kier alpha value is -0.790. The smallest absolute Gasteiger partial charge is 0.249 e. The Balaban J connectivity index is 1.20. The lowest BCUT2D eigenvalue weighted by Gasteiger charge is -2.54. The van der Waals surface area contributed by atoms with E-state index in [0.29, 0.717) is 18.5 Å². The Morgan fingerprint density at radius 2 is 1.84 bits per heavy atom. The molecule has 3 saturated heterocycles. The van der Waals surface area contributed by atoms with Crippen molar-refractivity contribution in [2.24, 2.45) is 11.8 Å². The fraction of sp³-hybridized carbons (Fsp3) is 0.944. The minimum absolute atomic E-state index is 0.0491. The summed E-state index contributed by atoms with van der Waals surface area (Å²) in [4.78, 5) is 14.4. The van der Waals surface area contributed by atoms with Crippen LogP contribution in [0.25, 0.3) is 0 Å². The van der Waals surface area contributed by atoms with Crippen molar-refractivity contribution < 1.29 is 23.0 Å². The largest absolute Gasteiger partial charge is 0.381 e. The fourth-order valence-electron chi connectivity index (χ4n) is 4.85. The van der Waals surface area contributed by atoms with Gasteiger partial charge in [-0.1, -0.05) is 0 Å². The number of nitrogens with zero attached hydrogens (tertiary/aromatic N) is 1. The molecule has 4 fully saturated rings. The van der Waals surface area contributed by atoms with Crippen LogP contribution in [0, 0.1) is 11.8 Å². The maximum absolute atomic E-state index is 12.9. The van der Waals surface area contributed by atoms with E-state index in [1.54, 1.807) is 0 Å². The van der Waals surface area contributed by atoms with Gasteiger partial charge in [-0.3, -0.25) is 9.69 Å². The molecule has 1 spiro atoms. The summed E-state index contributed by atoms with van der Waals surface area (Å²) in [5.41, 5.74) is -0.0491. The predicted molar refractivity (Wildman–Crippen MR) is 87.5 cm³/mol. The Morgan fingerprint density at radius 1 is 1.12 bits per heavy atom. The van der Waals surface area contributed by atoms with Gasteiger partial charge in [-0.2, -0.15) is 0 Å². The second kappa shape index (κ2) is 6.74. The maximum atomic E-state index is 12.9. The van der Waals surface area contributed by atoms with Crippen LogP contribution in [0.4, 0.5) is 8.78 Å². The molecule has 0 aromatic carbocycles. The molecule has 5 nitrogen and oxygen atoms in total. The molecule has 1 saturated carbocycles. The van der Waals surface area contributed by atoms with E-state index in [-0.39, 0.29) is 24.3 Å².